The summed E-state index contributed by atoms with van der Waals surface area (Å²) in [6.07, 6.45) is 3.64. The zero-order valence-electron chi connectivity index (χ0n) is 12.2. The van der Waals surface area contributed by atoms with Gasteiger partial charge in [-0.05, 0) is 19.3 Å². The Morgan fingerprint density at radius 2 is 2.05 bits per heavy atom. The molecule has 0 saturated heterocycles. The molecule has 0 radical (unpaired) electrons. The highest BCUT2D eigenvalue weighted by atomic mass is 16.5. The summed E-state index contributed by atoms with van der Waals surface area (Å²) >= 11 is 0. The van der Waals surface area contributed by atoms with Crippen molar-refractivity contribution in [2.24, 2.45) is 0 Å². The van der Waals surface area contributed by atoms with Crippen LogP contribution in [-0.4, -0.2) is 29.2 Å². The summed E-state index contributed by atoms with van der Waals surface area (Å²) in [6, 6.07) is 2.10. The fourth-order valence-electron chi connectivity index (χ4n) is 2.44. The van der Waals surface area contributed by atoms with Gasteiger partial charge in [-0.2, -0.15) is 0 Å². The van der Waals surface area contributed by atoms with Crippen LogP contribution < -0.4 is 11.1 Å². The van der Waals surface area contributed by atoms with E-state index in [1.54, 1.807) is 13.2 Å². The lowest BCUT2D eigenvalue weighted by Gasteiger charge is -2.22. The van der Waals surface area contributed by atoms with Crippen LogP contribution in [0, 0.1) is 0 Å². The minimum absolute atomic E-state index is 0.109. The SMILES string of the molecule is COC1CCCC1Nc1cc(N)nc(C(C)(C)C)n1. The molecule has 1 aromatic rings. The molecule has 1 heterocycles. The van der Waals surface area contributed by atoms with Crippen molar-refractivity contribution in [3.05, 3.63) is 11.9 Å². The molecule has 1 saturated carbocycles. The second kappa shape index (κ2) is 5.33. The number of nitrogens with two attached hydrogens (primary N) is 1. The molecule has 1 aliphatic rings. The first-order valence-corrected chi connectivity index (χ1v) is 6.84. The quantitative estimate of drug-likeness (QED) is 0.876. The minimum Gasteiger partial charge on any atom is -0.384 e. The average Bonchev–Trinajstić information content (AvgIpc) is 2.74. The summed E-state index contributed by atoms with van der Waals surface area (Å²) in [7, 11) is 1.76. The number of rotatable bonds is 3. The Hall–Kier alpha value is -1.36. The molecule has 5 nitrogen and oxygen atoms in total. The maximum absolute atomic E-state index is 5.88. The van der Waals surface area contributed by atoms with Crippen molar-refractivity contribution in [2.75, 3.05) is 18.2 Å². The van der Waals surface area contributed by atoms with Crippen LogP contribution in [0.1, 0.15) is 45.9 Å². The van der Waals surface area contributed by atoms with Crippen molar-refractivity contribution in [1.29, 1.82) is 0 Å². The Morgan fingerprint density at radius 3 is 2.68 bits per heavy atom. The van der Waals surface area contributed by atoms with Crippen LogP contribution in [0.25, 0.3) is 0 Å². The van der Waals surface area contributed by atoms with E-state index in [0.717, 1.165) is 24.5 Å². The van der Waals surface area contributed by atoms with E-state index in [4.69, 9.17) is 10.5 Å². The van der Waals surface area contributed by atoms with E-state index in [-0.39, 0.29) is 11.5 Å². The predicted molar refractivity (Wildman–Crippen MR) is 77.2 cm³/mol. The van der Waals surface area contributed by atoms with Crippen LogP contribution in [0.3, 0.4) is 0 Å². The van der Waals surface area contributed by atoms with Gasteiger partial charge in [0.1, 0.15) is 17.5 Å². The maximum Gasteiger partial charge on any atom is 0.138 e. The van der Waals surface area contributed by atoms with Crippen LogP contribution in [0.15, 0.2) is 6.07 Å². The molecule has 0 spiro atoms. The third-order valence-corrected chi connectivity index (χ3v) is 3.51. The van der Waals surface area contributed by atoms with Gasteiger partial charge in [-0.15, -0.1) is 0 Å². The molecule has 1 fully saturated rings. The van der Waals surface area contributed by atoms with Crippen molar-refractivity contribution in [3.63, 3.8) is 0 Å². The molecular formula is C14H24N4O. The van der Waals surface area contributed by atoms with Crippen molar-refractivity contribution < 1.29 is 4.74 Å². The van der Waals surface area contributed by atoms with Gasteiger partial charge in [0.2, 0.25) is 0 Å². The molecule has 1 aromatic heterocycles. The number of nitrogens with zero attached hydrogens (tertiary/aromatic N) is 2. The topological polar surface area (TPSA) is 73.1 Å². The van der Waals surface area contributed by atoms with Gasteiger partial charge in [0.25, 0.3) is 0 Å². The second-order valence-electron chi connectivity index (χ2n) is 6.21. The van der Waals surface area contributed by atoms with E-state index in [0.29, 0.717) is 11.9 Å². The second-order valence-corrected chi connectivity index (χ2v) is 6.21. The molecule has 19 heavy (non-hydrogen) atoms. The lowest BCUT2D eigenvalue weighted by atomic mass is 9.96. The fraction of sp³-hybridized carbons (Fsp3) is 0.714. The van der Waals surface area contributed by atoms with Crippen molar-refractivity contribution >= 4 is 11.6 Å². The lowest BCUT2D eigenvalue weighted by Crippen LogP contribution is -2.30. The molecule has 2 rings (SSSR count). The van der Waals surface area contributed by atoms with E-state index in [1.165, 1.54) is 6.42 Å². The number of hydrogen-bond acceptors (Lipinski definition) is 5. The van der Waals surface area contributed by atoms with E-state index in [2.05, 4.69) is 36.1 Å². The predicted octanol–water partition coefficient (Wildman–Crippen LogP) is 2.34. The molecule has 0 aromatic carbocycles. The number of anilines is 2. The van der Waals surface area contributed by atoms with E-state index < -0.39 is 0 Å². The van der Waals surface area contributed by atoms with E-state index in [9.17, 15) is 0 Å². The normalized spacial score (nSPS) is 23.6. The first kappa shape index (κ1) is 14.1. The molecule has 106 valence electrons. The fourth-order valence-corrected chi connectivity index (χ4v) is 2.44. The highest BCUT2D eigenvalue weighted by Gasteiger charge is 2.28. The van der Waals surface area contributed by atoms with Crippen LogP contribution in [0.4, 0.5) is 11.6 Å². The molecule has 5 heteroatoms. The Bertz CT molecular complexity index is 442. The molecule has 1 aliphatic carbocycles. The van der Waals surface area contributed by atoms with Gasteiger partial charge in [0.05, 0.1) is 12.1 Å². The van der Waals surface area contributed by atoms with Gasteiger partial charge in [-0.25, -0.2) is 9.97 Å². The maximum atomic E-state index is 5.88. The Balaban J connectivity index is 2.18. The molecule has 3 N–H and O–H groups in total. The van der Waals surface area contributed by atoms with Gasteiger partial charge in [0.15, 0.2) is 0 Å². The summed E-state index contributed by atoms with van der Waals surface area (Å²) in [5.41, 5.74) is 5.77. The van der Waals surface area contributed by atoms with Gasteiger partial charge < -0.3 is 15.8 Å². The largest absolute Gasteiger partial charge is 0.384 e. The minimum atomic E-state index is -0.109. The van der Waals surface area contributed by atoms with Crippen LogP contribution >= 0.6 is 0 Å². The van der Waals surface area contributed by atoms with Crippen LogP contribution in [0.2, 0.25) is 0 Å². The number of ether oxygens (including phenoxy) is 1. The summed E-state index contributed by atoms with van der Waals surface area (Å²) in [5.74, 6) is 2.07. The number of nitrogens with one attached hydrogen (secondary N) is 1. The first-order chi connectivity index (χ1) is 8.90. The van der Waals surface area contributed by atoms with Crippen molar-refractivity contribution in [1.82, 2.24) is 9.97 Å². The zero-order valence-corrected chi connectivity index (χ0v) is 12.2. The standard InChI is InChI=1S/C14H24N4O/c1-14(2,3)13-17-11(15)8-12(18-13)16-9-6-5-7-10(9)19-4/h8-10H,5-7H2,1-4H3,(H3,15,16,17,18). The molecule has 0 bridgehead atoms. The third kappa shape index (κ3) is 3.35. The molecule has 0 aliphatic heterocycles. The summed E-state index contributed by atoms with van der Waals surface area (Å²) in [5, 5.41) is 3.44. The number of hydrogen-bond donors (Lipinski definition) is 2. The summed E-state index contributed by atoms with van der Waals surface area (Å²) in [4.78, 5) is 8.89. The average molecular weight is 264 g/mol. The molecular weight excluding hydrogens is 240 g/mol. The molecule has 2 atom stereocenters. The van der Waals surface area contributed by atoms with Crippen molar-refractivity contribution in [3.8, 4) is 0 Å². The molecule has 2 unspecified atom stereocenters. The van der Waals surface area contributed by atoms with Gasteiger partial charge in [0, 0.05) is 18.6 Å². The Labute approximate surface area is 115 Å². The van der Waals surface area contributed by atoms with E-state index in [1.807, 2.05) is 0 Å². The first-order valence-electron chi connectivity index (χ1n) is 6.84. The summed E-state index contributed by atoms with van der Waals surface area (Å²) < 4.78 is 5.49. The molecule has 0 amide bonds. The highest BCUT2D eigenvalue weighted by Crippen LogP contribution is 2.26. The highest BCUT2D eigenvalue weighted by molar-refractivity contribution is 5.46. The van der Waals surface area contributed by atoms with Crippen LogP contribution in [0.5, 0.6) is 0 Å². The lowest BCUT2D eigenvalue weighted by molar-refractivity contribution is 0.101. The Morgan fingerprint density at radius 1 is 1.32 bits per heavy atom. The van der Waals surface area contributed by atoms with Crippen molar-refractivity contribution in [2.45, 2.75) is 57.6 Å². The van der Waals surface area contributed by atoms with Gasteiger partial charge >= 0.3 is 0 Å². The number of aromatic nitrogens is 2. The van der Waals surface area contributed by atoms with E-state index >= 15 is 0 Å². The summed E-state index contributed by atoms with van der Waals surface area (Å²) in [6.45, 7) is 6.25. The smallest absolute Gasteiger partial charge is 0.138 e. The number of methoxy groups -OCH3 is 1. The monoisotopic (exact) mass is 264 g/mol. The van der Waals surface area contributed by atoms with Gasteiger partial charge in [-0.1, -0.05) is 20.8 Å². The zero-order chi connectivity index (χ0) is 14.0. The third-order valence-electron chi connectivity index (χ3n) is 3.51. The van der Waals surface area contributed by atoms with Gasteiger partial charge in [-0.3, -0.25) is 0 Å². The Kier molecular flexibility index (Phi) is 3.94. The number of nitrogen functional groups attached to an aromatic ring is 1. The van der Waals surface area contributed by atoms with Crippen LogP contribution in [-0.2, 0) is 10.2 Å².